The zero-order valence-corrected chi connectivity index (χ0v) is 7.03. The normalized spacial score (nSPS) is 21.6. The molecule has 0 fully saturated rings. The number of aryl methyl sites for hydroxylation is 1. The van der Waals surface area contributed by atoms with E-state index in [9.17, 15) is 0 Å². The summed E-state index contributed by atoms with van der Waals surface area (Å²) >= 11 is 0. The number of hydrogen-bond acceptors (Lipinski definition) is 2. The van der Waals surface area contributed by atoms with Gasteiger partial charge in [0, 0.05) is 0 Å². The second-order valence-electron chi connectivity index (χ2n) is 2.98. The van der Waals surface area contributed by atoms with Crippen LogP contribution in [0, 0.1) is 6.92 Å². The van der Waals surface area contributed by atoms with E-state index in [-0.39, 0.29) is 0 Å². The first-order valence-corrected chi connectivity index (χ1v) is 4.11. The number of rotatable bonds is 1. The summed E-state index contributed by atoms with van der Waals surface area (Å²) in [4.78, 5) is 4.28. The summed E-state index contributed by atoms with van der Waals surface area (Å²) in [7, 11) is 0. The standard InChI is InChI=1S/C10H11NO/c1-8-7-12-10(11-8)9-5-3-2-4-6-9/h2-5,7,9H,6H2,1H3. The van der Waals surface area contributed by atoms with E-state index in [1.165, 1.54) is 0 Å². The Morgan fingerprint density at radius 2 is 2.42 bits per heavy atom. The molecule has 0 bridgehead atoms. The highest BCUT2D eigenvalue weighted by Gasteiger charge is 2.13. The maximum Gasteiger partial charge on any atom is 0.201 e. The zero-order chi connectivity index (χ0) is 8.39. The van der Waals surface area contributed by atoms with Gasteiger partial charge in [0.05, 0.1) is 11.6 Å². The van der Waals surface area contributed by atoms with Crippen LogP contribution in [0.25, 0.3) is 0 Å². The monoisotopic (exact) mass is 161 g/mol. The molecule has 62 valence electrons. The summed E-state index contributed by atoms with van der Waals surface area (Å²) in [5.41, 5.74) is 0.952. The van der Waals surface area contributed by atoms with Crippen molar-refractivity contribution < 1.29 is 4.42 Å². The minimum absolute atomic E-state index is 0.337. The van der Waals surface area contributed by atoms with Crippen molar-refractivity contribution in [3.8, 4) is 0 Å². The summed E-state index contributed by atoms with van der Waals surface area (Å²) in [6, 6.07) is 0. The van der Waals surface area contributed by atoms with E-state index < -0.39 is 0 Å². The molecular weight excluding hydrogens is 150 g/mol. The van der Waals surface area contributed by atoms with Crippen molar-refractivity contribution in [2.45, 2.75) is 19.3 Å². The van der Waals surface area contributed by atoms with Crippen molar-refractivity contribution in [2.24, 2.45) is 0 Å². The SMILES string of the molecule is Cc1coc(C2C=CC=CC2)n1. The van der Waals surface area contributed by atoms with Gasteiger partial charge in [0.2, 0.25) is 5.89 Å². The Balaban J connectivity index is 2.20. The first-order chi connectivity index (χ1) is 5.86. The Hall–Kier alpha value is -1.31. The van der Waals surface area contributed by atoms with Gasteiger partial charge in [-0.3, -0.25) is 0 Å². The predicted molar refractivity (Wildman–Crippen MR) is 46.9 cm³/mol. The predicted octanol–water partition coefficient (Wildman–Crippen LogP) is 2.58. The molecule has 1 aliphatic rings. The van der Waals surface area contributed by atoms with E-state index in [0.29, 0.717) is 5.92 Å². The molecule has 1 aromatic rings. The van der Waals surface area contributed by atoms with Gasteiger partial charge < -0.3 is 4.42 Å². The highest BCUT2D eigenvalue weighted by molar-refractivity contribution is 5.18. The van der Waals surface area contributed by atoms with Gasteiger partial charge in [-0.2, -0.15) is 0 Å². The number of aromatic nitrogens is 1. The lowest BCUT2D eigenvalue weighted by atomic mass is 10.0. The third kappa shape index (κ3) is 1.33. The summed E-state index contributed by atoms with van der Waals surface area (Å²) in [6.07, 6.45) is 11.0. The summed E-state index contributed by atoms with van der Waals surface area (Å²) < 4.78 is 5.31. The molecule has 0 spiro atoms. The number of nitrogens with zero attached hydrogens (tertiary/aromatic N) is 1. The van der Waals surface area contributed by atoms with E-state index in [1.807, 2.05) is 19.1 Å². The van der Waals surface area contributed by atoms with Crippen molar-refractivity contribution in [3.63, 3.8) is 0 Å². The zero-order valence-electron chi connectivity index (χ0n) is 7.03. The molecule has 1 unspecified atom stereocenters. The summed E-state index contributed by atoms with van der Waals surface area (Å²) in [6.45, 7) is 1.94. The lowest BCUT2D eigenvalue weighted by Crippen LogP contribution is -1.96. The second-order valence-corrected chi connectivity index (χ2v) is 2.98. The highest BCUT2D eigenvalue weighted by Crippen LogP contribution is 2.23. The molecular formula is C10H11NO. The first-order valence-electron chi connectivity index (χ1n) is 4.11. The molecule has 0 amide bonds. The van der Waals surface area contributed by atoms with Crippen molar-refractivity contribution >= 4 is 0 Å². The third-order valence-corrected chi connectivity index (χ3v) is 1.93. The van der Waals surface area contributed by atoms with Crippen LogP contribution in [0.3, 0.4) is 0 Å². The maximum atomic E-state index is 5.31. The van der Waals surface area contributed by atoms with Gasteiger partial charge in [-0.1, -0.05) is 24.3 Å². The second kappa shape index (κ2) is 2.97. The third-order valence-electron chi connectivity index (χ3n) is 1.93. The van der Waals surface area contributed by atoms with Crippen LogP contribution < -0.4 is 0 Å². The summed E-state index contributed by atoms with van der Waals surface area (Å²) in [5.74, 6) is 1.16. The smallest absolute Gasteiger partial charge is 0.201 e. The van der Waals surface area contributed by atoms with Crippen LogP contribution in [-0.4, -0.2) is 4.98 Å². The van der Waals surface area contributed by atoms with Crippen LogP contribution in [0.2, 0.25) is 0 Å². The molecule has 1 aliphatic carbocycles. The molecule has 12 heavy (non-hydrogen) atoms. The van der Waals surface area contributed by atoms with Crippen LogP contribution in [0.5, 0.6) is 0 Å². The van der Waals surface area contributed by atoms with E-state index in [2.05, 4.69) is 17.1 Å². The van der Waals surface area contributed by atoms with Crippen LogP contribution in [0.1, 0.15) is 23.9 Å². The molecule has 2 heteroatoms. The van der Waals surface area contributed by atoms with Gasteiger partial charge in [-0.15, -0.1) is 0 Å². The molecule has 0 aromatic carbocycles. The lowest BCUT2D eigenvalue weighted by Gasteiger charge is -2.07. The van der Waals surface area contributed by atoms with E-state index in [0.717, 1.165) is 18.0 Å². The Morgan fingerprint density at radius 1 is 1.50 bits per heavy atom. The topological polar surface area (TPSA) is 26.0 Å². The van der Waals surface area contributed by atoms with Crippen molar-refractivity contribution in [1.29, 1.82) is 0 Å². The Labute approximate surface area is 71.6 Å². The molecule has 2 nitrogen and oxygen atoms in total. The minimum Gasteiger partial charge on any atom is -0.448 e. The van der Waals surface area contributed by atoms with Gasteiger partial charge in [0.25, 0.3) is 0 Å². The molecule has 1 atom stereocenters. The largest absolute Gasteiger partial charge is 0.448 e. The van der Waals surface area contributed by atoms with Gasteiger partial charge in [-0.05, 0) is 13.3 Å². The molecule has 0 radical (unpaired) electrons. The maximum absolute atomic E-state index is 5.31. The molecule has 0 aliphatic heterocycles. The molecule has 2 rings (SSSR count). The molecule has 0 saturated carbocycles. The van der Waals surface area contributed by atoms with Gasteiger partial charge in [0.15, 0.2) is 0 Å². The Kier molecular flexibility index (Phi) is 1.82. The van der Waals surface area contributed by atoms with Crippen molar-refractivity contribution in [1.82, 2.24) is 4.98 Å². The van der Waals surface area contributed by atoms with Gasteiger partial charge in [-0.25, -0.2) is 4.98 Å². The lowest BCUT2D eigenvalue weighted by molar-refractivity contribution is 0.474. The molecule has 1 aromatic heterocycles. The number of allylic oxidation sites excluding steroid dienone is 4. The Morgan fingerprint density at radius 3 is 3.00 bits per heavy atom. The van der Waals surface area contributed by atoms with Gasteiger partial charge >= 0.3 is 0 Å². The fourth-order valence-electron chi connectivity index (χ4n) is 1.31. The van der Waals surface area contributed by atoms with Crippen LogP contribution in [0.15, 0.2) is 35.0 Å². The van der Waals surface area contributed by atoms with E-state index >= 15 is 0 Å². The fraction of sp³-hybridized carbons (Fsp3) is 0.300. The average Bonchev–Trinajstić information content (AvgIpc) is 2.54. The highest BCUT2D eigenvalue weighted by atomic mass is 16.3. The van der Waals surface area contributed by atoms with Crippen LogP contribution in [0.4, 0.5) is 0 Å². The number of oxazole rings is 1. The molecule has 0 N–H and O–H groups in total. The van der Waals surface area contributed by atoms with E-state index in [1.54, 1.807) is 6.26 Å². The molecule has 0 saturated heterocycles. The van der Waals surface area contributed by atoms with Crippen LogP contribution in [-0.2, 0) is 0 Å². The number of hydrogen-bond donors (Lipinski definition) is 0. The quantitative estimate of drug-likeness (QED) is 0.632. The first kappa shape index (κ1) is 7.35. The summed E-state index contributed by atoms with van der Waals surface area (Å²) in [5, 5.41) is 0. The minimum atomic E-state index is 0.337. The van der Waals surface area contributed by atoms with Gasteiger partial charge in [0.1, 0.15) is 6.26 Å². The van der Waals surface area contributed by atoms with Crippen molar-refractivity contribution in [2.75, 3.05) is 0 Å². The fourth-order valence-corrected chi connectivity index (χ4v) is 1.31. The van der Waals surface area contributed by atoms with Crippen molar-refractivity contribution in [3.05, 3.63) is 42.2 Å². The molecule has 1 heterocycles. The Bertz CT molecular complexity index is 322. The van der Waals surface area contributed by atoms with E-state index in [4.69, 9.17) is 4.42 Å². The average molecular weight is 161 g/mol. The van der Waals surface area contributed by atoms with Crippen LogP contribution >= 0.6 is 0 Å².